The number of benzene rings is 1. The zero-order chi connectivity index (χ0) is 12.7. The first-order chi connectivity index (χ1) is 8.17. The summed E-state index contributed by atoms with van der Waals surface area (Å²) in [5.41, 5.74) is 0. The lowest BCUT2D eigenvalue weighted by Gasteiger charge is -2.12. The summed E-state index contributed by atoms with van der Waals surface area (Å²) in [5, 5.41) is 19.9. The third-order valence-corrected chi connectivity index (χ3v) is 3.05. The Kier molecular flexibility index (Phi) is 5.96. The van der Waals surface area contributed by atoms with Crippen LogP contribution in [-0.2, 0) is 4.79 Å². The van der Waals surface area contributed by atoms with Crippen molar-refractivity contribution in [2.45, 2.75) is 10.9 Å². The van der Waals surface area contributed by atoms with Crippen LogP contribution in [0.25, 0.3) is 0 Å². The van der Waals surface area contributed by atoms with Gasteiger partial charge in [0.2, 0.25) is 5.91 Å². The van der Waals surface area contributed by atoms with Crippen LogP contribution in [0.4, 0.5) is 4.39 Å². The summed E-state index contributed by atoms with van der Waals surface area (Å²) in [6, 6.07) is 5.51. The number of amides is 1. The Hall–Kier alpha value is -1.11. The predicted octanol–water partition coefficient (Wildman–Crippen LogP) is 0.387. The summed E-state index contributed by atoms with van der Waals surface area (Å²) in [6.45, 7) is -0.654. The number of hydrogen-bond acceptors (Lipinski definition) is 4. The van der Waals surface area contributed by atoms with Crippen LogP contribution in [0.2, 0.25) is 0 Å². The van der Waals surface area contributed by atoms with Gasteiger partial charge in [-0.3, -0.25) is 4.79 Å². The molecular formula is C11H14FNO3S. The first-order valence-electron chi connectivity index (χ1n) is 5.05. The van der Waals surface area contributed by atoms with Crippen molar-refractivity contribution in [3.63, 3.8) is 0 Å². The van der Waals surface area contributed by atoms with E-state index in [9.17, 15) is 9.18 Å². The zero-order valence-corrected chi connectivity index (χ0v) is 9.91. The lowest BCUT2D eigenvalue weighted by molar-refractivity contribution is -0.119. The molecule has 0 atom stereocenters. The van der Waals surface area contributed by atoms with E-state index in [1.807, 2.05) is 0 Å². The van der Waals surface area contributed by atoms with E-state index in [4.69, 9.17) is 10.2 Å². The molecule has 94 valence electrons. The number of rotatable bonds is 6. The van der Waals surface area contributed by atoms with E-state index in [2.05, 4.69) is 5.32 Å². The largest absolute Gasteiger partial charge is 0.394 e. The Morgan fingerprint density at radius 1 is 1.35 bits per heavy atom. The molecule has 0 saturated heterocycles. The van der Waals surface area contributed by atoms with Crippen LogP contribution < -0.4 is 5.32 Å². The molecule has 1 amide bonds. The van der Waals surface area contributed by atoms with E-state index in [1.54, 1.807) is 18.2 Å². The summed E-state index contributed by atoms with van der Waals surface area (Å²) in [4.78, 5) is 11.8. The van der Waals surface area contributed by atoms with Gasteiger partial charge in [-0.15, -0.1) is 11.8 Å². The molecule has 4 nitrogen and oxygen atoms in total. The number of aliphatic hydroxyl groups excluding tert-OH is 2. The Morgan fingerprint density at radius 3 is 2.59 bits per heavy atom. The Balaban J connectivity index is 2.41. The highest BCUT2D eigenvalue weighted by atomic mass is 32.2. The second kappa shape index (κ2) is 7.26. The maximum Gasteiger partial charge on any atom is 0.230 e. The fourth-order valence-electron chi connectivity index (χ4n) is 1.12. The van der Waals surface area contributed by atoms with Gasteiger partial charge in [-0.1, -0.05) is 12.1 Å². The molecule has 0 unspecified atom stereocenters. The van der Waals surface area contributed by atoms with Gasteiger partial charge in [0.15, 0.2) is 0 Å². The molecule has 0 aliphatic rings. The van der Waals surface area contributed by atoms with Gasteiger partial charge in [-0.2, -0.15) is 0 Å². The maximum absolute atomic E-state index is 13.2. The maximum atomic E-state index is 13.2. The molecule has 3 N–H and O–H groups in total. The van der Waals surface area contributed by atoms with Crippen LogP contribution in [0.3, 0.4) is 0 Å². The molecule has 1 aromatic carbocycles. The van der Waals surface area contributed by atoms with Crippen molar-refractivity contribution in [1.29, 1.82) is 0 Å². The van der Waals surface area contributed by atoms with Crippen molar-refractivity contribution in [3.05, 3.63) is 30.1 Å². The Bertz CT molecular complexity index is 371. The molecule has 0 saturated carbocycles. The van der Waals surface area contributed by atoms with Crippen molar-refractivity contribution in [1.82, 2.24) is 5.32 Å². The number of thioether (sulfide) groups is 1. The fourth-order valence-corrected chi connectivity index (χ4v) is 1.87. The molecular weight excluding hydrogens is 245 g/mol. The second-order valence-electron chi connectivity index (χ2n) is 3.35. The van der Waals surface area contributed by atoms with E-state index in [0.29, 0.717) is 4.90 Å². The summed E-state index contributed by atoms with van der Waals surface area (Å²) in [5.74, 6) is -0.685. The van der Waals surface area contributed by atoms with Crippen molar-refractivity contribution in [2.75, 3.05) is 19.0 Å². The van der Waals surface area contributed by atoms with Crippen LogP contribution in [0.1, 0.15) is 0 Å². The normalized spacial score (nSPS) is 10.6. The van der Waals surface area contributed by atoms with E-state index in [0.717, 1.165) is 11.8 Å². The van der Waals surface area contributed by atoms with E-state index in [-0.39, 0.29) is 30.7 Å². The van der Waals surface area contributed by atoms with Crippen molar-refractivity contribution in [2.24, 2.45) is 0 Å². The standard InChI is InChI=1S/C11H14FNO3S/c12-9-3-1-2-4-10(9)17-7-11(16)13-8(5-14)6-15/h1-4,8,14-15H,5-7H2,(H,13,16). The van der Waals surface area contributed by atoms with Crippen LogP contribution in [0.15, 0.2) is 29.2 Å². The number of nitrogens with one attached hydrogen (secondary N) is 1. The van der Waals surface area contributed by atoms with Gasteiger partial charge < -0.3 is 15.5 Å². The average Bonchev–Trinajstić information content (AvgIpc) is 2.35. The quantitative estimate of drug-likeness (QED) is 0.646. The minimum Gasteiger partial charge on any atom is -0.394 e. The SMILES string of the molecule is O=C(CSc1ccccc1F)NC(CO)CO. The van der Waals surface area contributed by atoms with Gasteiger partial charge in [-0.05, 0) is 12.1 Å². The predicted molar refractivity (Wildman–Crippen MR) is 63.2 cm³/mol. The molecule has 0 heterocycles. The minimum atomic E-state index is -0.663. The van der Waals surface area contributed by atoms with Crippen LogP contribution in [0.5, 0.6) is 0 Å². The number of aliphatic hydroxyl groups is 2. The van der Waals surface area contributed by atoms with Crippen molar-refractivity contribution < 1.29 is 19.4 Å². The molecule has 1 aromatic rings. The highest BCUT2D eigenvalue weighted by Crippen LogP contribution is 2.20. The van der Waals surface area contributed by atoms with Crippen LogP contribution in [-0.4, -0.2) is 41.1 Å². The third kappa shape index (κ3) is 4.72. The molecule has 0 aromatic heterocycles. The molecule has 0 aliphatic heterocycles. The van der Waals surface area contributed by atoms with Crippen molar-refractivity contribution >= 4 is 17.7 Å². The summed E-state index contributed by atoms with van der Waals surface area (Å²) < 4.78 is 13.2. The minimum absolute atomic E-state index is 0.0391. The molecule has 6 heteroatoms. The lowest BCUT2D eigenvalue weighted by Crippen LogP contribution is -2.40. The van der Waals surface area contributed by atoms with Crippen molar-refractivity contribution in [3.8, 4) is 0 Å². The molecule has 0 radical (unpaired) electrons. The molecule has 1 rings (SSSR count). The number of carbonyl (C=O) groups excluding carboxylic acids is 1. The van der Waals surface area contributed by atoms with Gasteiger partial charge in [0.1, 0.15) is 5.82 Å². The van der Waals surface area contributed by atoms with Gasteiger partial charge in [-0.25, -0.2) is 4.39 Å². The number of carbonyl (C=O) groups is 1. The molecule has 17 heavy (non-hydrogen) atoms. The summed E-state index contributed by atoms with van der Waals surface area (Å²) in [7, 11) is 0. The fraction of sp³-hybridized carbons (Fsp3) is 0.364. The van der Waals surface area contributed by atoms with E-state index < -0.39 is 6.04 Å². The summed E-state index contributed by atoms with van der Waals surface area (Å²) in [6.07, 6.45) is 0. The summed E-state index contributed by atoms with van der Waals surface area (Å²) >= 11 is 1.07. The highest BCUT2D eigenvalue weighted by molar-refractivity contribution is 8.00. The number of halogens is 1. The second-order valence-corrected chi connectivity index (χ2v) is 4.37. The molecule has 0 aliphatic carbocycles. The van der Waals surface area contributed by atoms with Gasteiger partial charge in [0.05, 0.1) is 25.0 Å². The Labute approximate surface area is 103 Å². The molecule has 0 spiro atoms. The smallest absolute Gasteiger partial charge is 0.230 e. The van der Waals surface area contributed by atoms with Gasteiger partial charge in [0, 0.05) is 4.90 Å². The lowest BCUT2D eigenvalue weighted by atomic mass is 10.3. The highest BCUT2D eigenvalue weighted by Gasteiger charge is 2.11. The number of hydrogen-bond donors (Lipinski definition) is 3. The van der Waals surface area contributed by atoms with Crippen LogP contribution >= 0.6 is 11.8 Å². The van der Waals surface area contributed by atoms with Gasteiger partial charge in [0.25, 0.3) is 0 Å². The first-order valence-corrected chi connectivity index (χ1v) is 6.04. The zero-order valence-electron chi connectivity index (χ0n) is 9.10. The van der Waals surface area contributed by atoms with Crippen LogP contribution in [0, 0.1) is 5.82 Å². The van der Waals surface area contributed by atoms with E-state index in [1.165, 1.54) is 6.07 Å². The topological polar surface area (TPSA) is 69.6 Å². The third-order valence-electron chi connectivity index (χ3n) is 2.00. The molecule has 0 bridgehead atoms. The first kappa shape index (κ1) is 14.0. The average molecular weight is 259 g/mol. The monoisotopic (exact) mass is 259 g/mol. The molecule has 0 fully saturated rings. The Morgan fingerprint density at radius 2 is 2.00 bits per heavy atom. The van der Waals surface area contributed by atoms with Gasteiger partial charge >= 0.3 is 0 Å². The van der Waals surface area contributed by atoms with E-state index >= 15 is 0 Å².